The maximum absolute atomic E-state index is 12.5. The van der Waals surface area contributed by atoms with Gasteiger partial charge in [-0.05, 0) is 58.8 Å². The molecule has 6 heteroatoms. The molecule has 152 valence electrons. The van der Waals surface area contributed by atoms with Crippen LogP contribution in [0.2, 0.25) is 5.02 Å². The topological polar surface area (TPSA) is 42.0 Å². The van der Waals surface area contributed by atoms with Crippen LogP contribution < -0.4 is 5.32 Å². The van der Waals surface area contributed by atoms with E-state index in [1.54, 1.807) is 47.4 Å². The highest BCUT2D eigenvalue weighted by Crippen LogP contribution is 2.34. The summed E-state index contributed by atoms with van der Waals surface area (Å²) < 4.78 is 2.07. The van der Waals surface area contributed by atoms with Crippen molar-refractivity contribution in [2.75, 3.05) is 5.32 Å². The number of anilines is 1. The number of hydrogen-bond acceptors (Lipinski definition) is 4. The summed E-state index contributed by atoms with van der Waals surface area (Å²) in [6, 6.07) is 27.5. The molecular formula is C25H17ClN2OS2. The molecule has 5 rings (SSSR count). The summed E-state index contributed by atoms with van der Waals surface area (Å²) >= 11 is 9.28. The van der Waals surface area contributed by atoms with Gasteiger partial charge in [0.1, 0.15) is 0 Å². The van der Waals surface area contributed by atoms with E-state index in [9.17, 15) is 4.79 Å². The standard InChI is InChI=1S/C25H17ClN2OS2/c26-19-10-8-17(9-11-19)24(29)27-20-12-13-22-23(14-20)31-25(28-22)30-15-18-6-3-5-16-4-1-2-7-21(16)18/h1-14H,15H2,(H,27,29). The van der Waals surface area contributed by atoms with Crippen LogP contribution >= 0.6 is 34.7 Å². The van der Waals surface area contributed by atoms with E-state index in [1.807, 2.05) is 18.2 Å². The molecule has 1 N–H and O–H groups in total. The molecule has 4 aromatic carbocycles. The lowest BCUT2D eigenvalue weighted by Gasteiger charge is -2.05. The van der Waals surface area contributed by atoms with Gasteiger partial charge in [-0.15, -0.1) is 11.3 Å². The first kappa shape index (κ1) is 20.1. The maximum atomic E-state index is 12.5. The Kier molecular flexibility index (Phi) is 5.64. The number of amides is 1. The van der Waals surface area contributed by atoms with Gasteiger partial charge in [-0.2, -0.15) is 0 Å². The number of rotatable bonds is 5. The second kappa shape index (κ2) is 8.71. The molecule has 0 saturated heterocycles. The Bertz CT molecular complexity index is 1390. The van der Waals surface area contributed by atoms with Crippen LogP contribution in [0.3, 0.4) is 0 Å². The van der Waals surface area contributed by atoms with Gasteiger partial charge in [0, 0.05) is 22.0 Å². The molecule has 0 saturated carbocycles. The van der Waals surface area contributed by atoms with E-state index < -0.39 is 0 Å². The number of fused-ring (bicyclic) bond motifs is 2. The summed E-state index contributed by atoms with van der Waals surface area (Å²) in [6.07, 6.45) is 0. The van der Waals surface area contributed by atoms with Gasteiger partial charge in [0.15, 0.2) is 4.34 Å². The number of nitrogens with zero attached hydrogens (tertiary/aromatic N) is 1. The van der Waals surface area contributed by atoms with Crippen LogP contribution in [0.1, 0.15) is 15.9 Å². The third kappa shape index (κ3) is 4.44. The van der Waals surface area contributed by atoms with Gasteiger partial charge < -0.3 is 5.32 Å². The van der Waals surface area contributed by atoms with Crippen molar-refractivity contribution >= 4 is 67.3 Å². The van der Waals surface area contributed by atoms with Crippen LogP contribution in [-0.2, 0) is 5.75 Å². The highest BCUT2D eigenvalue weighted by Gasteiger charge is 2.10. The molecule has 0 fully saturated rings. The van der Waals surface area contributed by atoms with Crippen LogP contribution in [-0.4, -0.2) is 10.9 Å². The first-order valence-corrected chi connectivity index (χ1v) is 11.9. The summed E-state index contributed by atoms with van der Waals surface area (Å²) in [6.45, 7) is 0. The summed E-state index contributed by atoms with van der Waals surface area (Å²) in [7, 11) is 0. The highest BCUT2D eigenvalue weighted by molar-refractivity contribution is 8.00. The Morgan fingerprint density at radius 1 is 0.968 bits per heavy atom. The number of hydrogen-bond donors (Lipinski definition) is 1. The Labute approximate surface area is 193 Å². The van der Waals surface area contributed by atoms with Crippen LogP contribution in [0.4, 0.5) is 5.69 Å². The Hall–Kier alpha value is -2.86. The van der Waals surface area contributed by atoms with Crippen LogP contribution in [0.15, 0.2) is 89.3 Å². The zero-order valence-electron chi connectivity index (χ0n) is 16.3. The van der Waals surface area contributed by atoms with E-state index in [4.69, 9.17) is 16.6 Å². The van der Waals surface area contributed by atoms with Crippen molar-refractivity contribution in [1.82, 2.24) is 4.98 Å². The molecule has 0 aliphatic carbocycles. The van der Waals surface area contributed by atoms with Crippen molar-refractivity contribution in [2.45, 2.75) is 10.1 Å². The molecule has 1 heterocycles. The van der Waals surface area contributed by atoms with E-state index in [0.29, 0.717) is 10.6 Å². The van der Waals surface area contributed by atoms with E-state index in [-0.39, 0.29) is 5.91 Å². The average molecular weight is 461 g/mol. The maximum Gasteiger partial charge on any atom is 0.255 e. The Morgan fingerprint density at radius 3 is 2.65 bits per heavy atom. The molecule has 1 amide bonds. The largest absolute Gasteiger partial charge is 0.322 e. The molecule has 0 spiro atoms. The molecule has 0 unspecified atom stereocenters. The second-order valence-corrected chi connectivity index (χ2v) is 9.74. The normalized spacial score (nSPS) is 11.1. The number of thiazole rings is 1. The lowest BCUT2D eigenvalue weighted by molar-refractivity contribution is 0.102. The third-order valence-corrected chi connectivity index (χ3v) is 7.43. The van der Waals surface area contributed by atoms with E-state index in [0.717, 1.165) is 26.0 Å². The number of carbonyl (C=O) groups excluding carboxylic acids is 1. The molecular weight excluding hydrogens is 444 g/mol. The van der Waals surface area contributed by atoms with Gasteiger partial charge in [-0.1, -0.05) is 65.8 Å². The summed E-state index contributed by atoms with van der Waals surface area (Å²) in [5, 5.41) is 6.09. The molecule has 0 atom stereocenters. The zero-order valence-corrected chi connectivity index (χ0v) is 18.7. The molecule has 31 heavy (non-hydrogen) atoms. The smallest absolute Gasteiger partial charge is 0.255 e. The van der Waals surface area contributed by atoms with E-state index in [2.05, 4.69) is 47.8 Å². The molecule has 1 aromatic heterocycles. The predicted octanol–water partition coefficient (Wildman–Crippen LogP) is 7.65. The summed E-state index contributed by atoms with van der Waals surface area (Å²) in [5.74, 6) is 0.701. The van der Waals surface area contributed by atoms with Crippen LogP contribution in [0.5, 0.6) is 0 Å². The van der Waals surface area contributed by atoms with Crippen LogP contribution in [0.25, 0.3) is 21.0 Å². The van der Waals surface area contributed by atoms with Crippen molar-refractivity contribution in [3.05, 3.63) is 101 Å². The lowest BCUT2D eigenvalue weighted by atomic mass is 10.1. The highest BCUT2D eigenvalue weighted by atomic mass is 35.5. The van der Waals surface area contributed by atoms with Crippen molar-refractivity contribution in [2.24, 2.45) is 0 Å². The fraction of sp³-hybridized carbons (Fsp3) is 0.0400. The predicted molar refractivity (Wildman–Crippen MR) is 133 cm³/mol. The fourth-order valence-electron chi connectivity index (χ4n) is 3.41. The number of nitrogens with one attached hydrogen (secondary N) is 1. The number of halogens is 1. The molecule has 0 aliphatic heterocycles. The summed E-state index contributed by atoms with van der Waals surface area (Å²) in [4.78, 5) is 17.2. The number of carbonyl (C=O) groups is 1. The minimum atomic E-state index is -0.161. The van der Waals surface area contributed by atoms with Crippen LogP contribution in [0, 0.1) is 0 Å². The quantitative estimate of drug-likeness (QED) is 0.274. The zero-order chi connectivity index (χ0) is 21.2. The summed E-state index contributed by atoms with van der Waals surface area (Å²) in [5.41, 5.74) is 3.56. The van der Waals surface area contributed by atoms with Gasteiger partial charge in [0.25, 0.3) is 5.91 Å². The Morgan fingerprint density at radius 2 is 1.77 bits per heavy atom. The molecule has 0 radical (unpaired) electrons. The molecule has 5 aromatic rings. The first-order chi connectivity index (χ1) is 15.2. The number of thioether (sulfide) groups is 1. The van der Waals surface area contributed by atoms with Gasteiger partial charge in [-0.3, -0.25) is 4.79 Å². The van der Waals surface area contributed by atoms with E-state index >= 15 is 0 Å². The minimum Gasteiger partial charge on any atom is -0.322 e. The van der Waals surface area contributed by atoms with Crippen molar-refractivity contribution < 1.29 is 4.79 Å². The van der Waals surface area contributed by atoms with E-state index in [1.165, 1.54) is 16.3 Å². The van der Waals surface area contributed by atoms with Gasteiger partial charge in [0.05, 0.1) is 10.2 Å². The second-order valence-electron chi connectivity index (χ2n) is 7.05. The lowest BCUT2D eigenvalue weighted by Crippen LogP contribution is -2.11. The SMILES string of the molecule is O=C(Nc1ccc2nc(SCc3cccc4ccccc34)sc2c1)c1ccc(Cl)cc1. The van der Waals surface area contributed by atoms with Crippen molar-refractivity contribution in [3.8, 4) is 0 Å². The van der Waals surface area contributed by atoms with Crippen molar-refractivity contribution in [1.29, 1.82) is 0 Å². The number of aromatic nitrogens is 1. The van der Waals surface area contributed by atoms with Crippen molar-refractivity contribution in [3.63, 3.8) is 0 Å². The Balaban J connectivity index is 1.32. The molecule has 0 bridgehead atoms. The minimum absolute atomic E-state index is 0.161. The molecule has 0 aliphatic rings. The monoisotopic (exact) mass is 460 g/mol. The molecule has 3 nitrogen and oxygen atoms in total. The first-order valence-electron chi connectivity index (χ1n) is 9.73. The van der Waals surface area contributed by atoms with Gasteiger partial charge in [-0.25, -0.2) is 4.98 Å². The fourth-order valence-corrected chi connectivity index (χ4v) is 5.64. The van der Waals surface area contributed by atoms with Gasteiger partial charge >= 0.3 is 0 Å². The van der Waals surface area contributed by atoms with Gasteiger partial charge in [0.2, 0.25) is 0 Å². The number of benzene rings is 4. The average Bonchev–Trinajstić information content (AvgIpc) is 3.20. The third-order valence-electron chi connectivity index (χ3n) is 4.96.